The zero-order chi connectivity index (χ0) is 21.5. The first-order chi connectivity index (χ1) is 14.2. The van der Waals surface area contributed by atoms with Crippen LogP contribution in [0.2, 0.25) is 0 Å². The Morgan fingerprint density at radius 1 is 1.20 bits per heavy atom. The molecule has 4 rings (SSSR count). The summed E-state index contributed by atoms with van der Waals surface area (Å²) < 4.78 is 21.4. The van der Waals surface area contributed by atoms with Crippen molar-refractivity contribution in [1.82, 2.24) is 19.5 Å². The maximum absolute atomic E-state index is 14.3. The molecule has 1 fully saturated rings. The van der Waals surface area contributed by atoms with Crippen LogP contribution < -0.4 is 5.56 Å². The molecular weight excluding hydrogens is 387 g/mol. The molecule has 158 valence electrons. The van der Waals surface area contributed by atoms with Gasteiger partial charge in [0.2, 0.25) is 0 Å². The number of halogens is 1. The number of aromatic amines is 1. The molecule has 0 atom stereocenters. The Morgan fingerprint density at radius 3 is 2.57 bits per heavy atom. The highest BCUT2D eigenvalue weighted by atomic mass is 19.1. The van der Waals surface area contributed by atoms with Crippen LogP contribution in [0.4, 0.5) is 9.18 Å². The molecule has 0 aliphatic carbocycles. The summed E-state index contributed by atoms with van der Waals surface area (Å²) in [6.07, 6.45) is 2.63. The lowest BCUT2D eigenvalue weighted by atomic mass is 9.93. The number of fused-ring (bicyclic) bond motifs is 1. The average molecular weight is 412 g/mol. The molecule has 0 bridgehead atoms. The molecule has 0 spiro atoms. The molecule has 7 nitrogen and oxygen atoms in total. The minimum Gasteiger partial charge on any atom is -0.444 e. The number of hydrogen-bond donors (Lipinski definition) is 1. The van der Waals surface area contributed by atoms with Crippen molar-refractivity contribution in [2.45, 2.75) is 45.1 Å². The molecular formula is C22H25FN4O3. The number of ether oxygens (including phenoxy) is 1. The van der Waals surface area contributed by atoms with E-state index in [1.807, 2.05) is 20.8 Å². The quantitative estimate of drug-likeness (QED) is 0.691. The van der Waals surface area contributed by atoms with Gasteiger partial charge >= 0.3 is 6.09 Å². The summed E-state index contributed by atoms with van der Waals surface area (Å²) in [6, 6.07) is 7.95. The van der Waals surface area contributed by atoms with Gasteiger partial charge in [0.15, 0.2) is 0 Å². The number of piperidine rings is 1. The fourth-order valence-electron chi connectivity index (χ4n) is 3.86. The van der Waals surface area contributed by atoms with Crippen LogP contribution in [-0.4, -0.2) is 44.3 Å². The number of likely N-dealkylation sites (tertiary alicyclic amines) is 1. The number of carbonyl (C=O) groups is 1. The van der Waals surface area contributed by atoms with E-state index in [9.17, 15) is 14.0 Å². The number of nitrogens with zero attached hydrogens (tertiary/aromatic N) is 3. The normalized spacial score (nSPS) is 15.5. The number of nitrogens with one attached hydrogen (secondary N) is 1. The largest absolute Gasteiger partial charge is 0.444 e. The van der Waals surface area contributed by atoms with Crippen LogP contribution in [0.5, 0.6) is 0 Å². The zero-order valence-corrected chi connectivity index (χ0v) is 17.3. The summed E-state index contributed by atoms with van der Waals surface area (Å²) in [7, 11) is 0. The number of amides is 1. The molecule has 0 unspecified atom stereocenters. The van der Waals surface area contributed by atoms with Crippen molar-refractivity contribution in [2.24, 2.45) is 0 Å². The molecule has 0 radical (unpaired) electrons. The van der Waals surface area contributed by atoms with Crippen molar-refractivity contribution in [1.29, 1.82) is 0 Å². The molecule has 30 heavy (non-hydrogen) atoms. The van der Waals surface area contributed by atoms with Crippen LogP contribution in [0.15, 0.2) is 41.3 Å². The lowest BCUT2D eigenvalue weighted by Gasteiger charge is -2.33. The van der Waals surface area contributed by atoms with E-state index in [-0.39, 0.29) is 23.4 Å². The molecule has 3 aromatic rings. The number of H-pyrrole nitrogens is 1. The Kier molecular flexibility index (Phi) is 5.09. The minimum atomic E-state index is -0.537. The summed E-state index contributed by atoms with van der Waals surface area (Å²) in [6.45, 7) is 6.60. The van der Waals surface area contributed by atoms with Crippen LogP contribution in [0.25, 0.3) is 16.8 Å². The van der Waals surface area contributed by atoms with Gasteiger partial charge in [0.1, 0.15) is 17.1 Å². The molecule has 1 amide bonds. The van der Waals surface area contributed by atoms with Crippen molar-refractivity contribution in [3.63, 3.8) is 0 Å². The highest BCUT2D eigenvalue weighted by Crippen LogP contribution is 2.31. The molecule has 1 aromatic carbocycles. The van der Waals surface area contributed by atoms with Gasteiger partial charge in [0, 0.05) is 36.2 Å². The van der Waals surface area contributed by atoms with Gasteiger partial charge < -0.3 is 14.6 Å². The van der Waals surface area contributed by atoms with E-state index in [1.165, 1.54) is 6.07 Å². The van der Waals surface area contributed by atoms with Crippen LogP contribution in [0.3, 0.4) is 0 Å². The van der Waals surface area contributed by atoms with E-state index in [0.717, 1.165) is 5.69 Å². The van der Waals surface area contributed by atoms with Crippen molar-refractivity contribution in [2.75, 3.05) is 13.1 Å². The fourth-order valence-corrected chi connectivity index (χ4v) is 3.86. The van der Waals surface area contributed by atoms with Gasteiger partial charge in [-0.3, -0.25) is 4.79 Å². The summed E-state index contributed by atoms with van der Waals surface area (Å²) in [5, 5.41) is 4.43. The Hall–Kier alpha value is -3.16. The van der Waals surface area contributed by atoms with Gasteiger partial charge in [-0.05, 0) is 39.7 Å². The summed E-state index contributed by atoms with van der Waals surface area (Å²) in [5.41, 5.74) is 1.37. The Bertz CT molecular complexity index is 1140. The SMILES string of the molecule is CC(C)(C)OC(=O)N1CCC(c2cc(=O)[nH]c3c(-c4ccccc4F)cnn23)CC1. The number of benzene rings is 1. The van der Waals surface area contributed by atoms with Crippen LogP contribution in [0.1, 0.15) is 45.2 Å². The maximum Gasteiger partial charge on any atom is 0.410 e. The first-order valence-corrected chi connectivity index (χ1v) is 10.1. The molecule has 1 N–H and O–H groups in total. The first kappa shape index (κ1) is 20.1. The van der Waals surface area contributed by atoms with Gasteiger partial charge in [-0.1, -0.05) is 18.2 Å². The number of aromatic nitrogens is 3. The first-order valence-electron chi connectivity index (χ1n) is 10.1. The smallest absolute Gasteiger partial charge is 0.410 e. The van der Waals surface area contributed by atoms with E-state index >= 15 is 0 Å². The van der Waals surface area contributed by atoms with E-state index in [1.54, 1.807) is 39.9 Å². The van der Waals surface area contributed by atoms with Gasteiger partial charge in [-0.15, -0.1) is 0 Å². The second-order valence-corrected chi connectivity index (χ2v) is 8.60. The highest BCUT2D eigenvalue weighted by Gasteiger charge is 2.29. The van der Waals surface area contributed by atoms with Crippen molar-refractivity contribution >= 4 is 11.7 Å². The number of hydrogen-bond acceptors (Lipinski definition) is 4. The fraction of sp³-hybridized carbons (Fsp3) is 0.409. The van der Waals surface area contributed by atoms with E-state index < -0.39 is 5.60 Å². The van der Waals surface area contributed by atoms with Crippen molar-refractivity contribution < 1.29 is 13.9 Å². The molecule has 1 saturated heterocycles. The topological polar surface area (TPSA) is 79.7 Å². The Balaban J connectivity index is 1.61. The minimum absolute atomic E-state index is 0.0573. The third-order valence-electron chi connectivity index (χ3n) is 5.26. The zero-order valence-electron chi connectivity index (χ0n) is 17.3. The second-order valence-electron chi connectivity index (χ2n) is 8.60. The predicted molar refractivity (Wildman–Crippen MR) is 111 cm³/mol. The maximum atomic E-state index is 14.3. The van der Waals surface area contributed by atoms with Gasteiger partial charge in [-0.2, -0.15) is 5.10 Å². The van der Waals surface area contributed by atoms with Gasteiger partial charge in [0.05, 0.1) is 11.9 Å². The molecule has 0 saturated carbocycles. The molecule has 1 aliphatic heterocycles. The van der Waals surface area contributed by atoms with Gasteiger partial charge in [0.25, 0.3) is 5.56 Å². The van der Waals surface area contributed by atoms with Crippen molar-refractivity contribution in [3.8, 4) is 11.1 Å². The highest BCUT2D eigenvalue weighted by molar-refractivity contribution is 5.77. The number of rotatable bonds is 2. The molecule has 2 aromatic heterocycles. The Morgan fingerprint density at radius 2 is 1.90 bits per heavy atom. The lowest BCUT2D eigenvalue weighted by Crippen LogP contribution is -2.41. The Labute approximate surface area is 173 Å². The second kappa shape index (κ2) is 7.59. The summed E-state index contributed by atoms with van der Waals surface area (Å²) in [4.78, 5) is 29.2. The standard InChI is InChI=1S/C22H25FN4O3/c1-22(2,3)30-21(29)26-10-8-14(9-11-26)18-12-19(28)25-20-16(13-24-27(18)20)15-6-4-5-7-17(15)23/h4-7,12-14H,8-11H2,1-3H3,(H,25,28). The van der Waals surface area contributed by atoms with Crippen LogP contribution >= 0.6 is 0 Å². The summed E-state index contributed by atoms with van der Waals surface area (Å²) >= 11 is 0. The third-order valence-corrected chi connectivity index (χ3v) is 5.26. The lowest BCUT2D eigenvalue weighted by molar-refractivity contribution is 0.0203. The predicted octanol–water partition coefficient (Wildman–Crippen LogP) is 3.94. The summed E-state index contributed by atoms with van der Waals surface area (Å²) in [5.74, 6) is -0.314. The van der Waals surface area contributed by atoms with Crippen LogP contribution in [0, 0.1) is 5.82 Å². The van der Waals surface area contributed by atoms with Crippen molar-refractivity contribution in [3.05, 3.63) is 58.4 Å². The monoisotopic (exact) mass is 412 g/mol. The molecule has 1 aliphatic rings. The van der Waals surface area contributed by atoms with Gasteiger partial charge in [-0.25, -0.2) is 13.7 Å². The third kappa shape index (κ3) is 3.94. The molecule has 8 heteroatoms. The van der Waals surface area contributed by atoms with Crippen LogP contribution in [-0.2, 0) is 4.74 Å². The average Bonchev–Trinajstić information content (AvgIpc) is 3.10. The molecule has 3 heterocycles. The van der Waals surface area contributed by atoms with E-state index in [2.05, 4.69) is 10.1 Å². The van der Waals surface area contributed by atoms with E-state index in [4.69, 9.17) is 4.74 Å². The van der Waals surface area contributed by atoms with E-state index in [0.29, 0.717) is 42.7 Å². The number of carbonyl (C=O) groups excluding carboxylic acids is 1.